The van der Waals surface area contributed by atoms with E-state index < -0.39 is 0 Å². The molecule has 1 aromatic carbocycles. The lowest BCUT2D eigenvalue weighted by Gasteiger charge is -2.04. The number of nitrogens with zero attached hydrogens (tertiary/aromatic N) is 2. The molecule has 0 fully saturated rings. The van der Waals surface area contributed by atoms with Gasteiger partial charge in [0.15, 0.2) is 0 Å². The standard InChI is InChI=1S/C9H6N2O2S2/c1-7-8(14-10-5-12)3-2-4-9(7)15-11-6-13/h2-4H,1H3. The van der Waals surface area contributed by atoms with Crippen LogP contribution in [0.1, 0.15) is 5.56 Å². The minimum atomic E-state index is 0.837. The van der Waals surface area contributed by atoms with Gasteiger partial charge in [-0.3, -0.25) is 0 Å². The fraction of sp³-hybridized carbons (Fsp3) is 0.111. The van der Waals surface area contributed by atoms with Crippen molar-refractivity contribution in [1.29, 1.82) is 0 Å². The first-order chi connectivity index (χ1) is 7.29. The molecule has 0 amide bonds. The van der Waals surface area contributed by atoms with Crippen molar-refractivity contribution in [2.75, 3.05) is 0 Å². The third-order valence-corrected chi connectivity index (χ3v) is 3.21. The minimum Gasteiger partial charge on any atom is -0.210 e. The zero-order chi connectivity index (χ0) is 11.1. The smallest absolute Gasteiger partial charge is 0.210 e. The van der Waals surface area contributed by atoms with E-state index in [4.69, 9.17) is 0 Å². The molecule has 0 heterocycles. The predicted octanol–water partition coefficient (Wildman–Crippen LogP) is 2.68. The van der Waals surface area contributed by atoms with E-state index in [1.807, 2.05) is 19.1 Å². The molecule has 0 bridgehead atoms. The predicted molar refractivity (Wildman–Crippen MR) is 59.1 cm³/mol. The number of isocyanates is 2. The Morgan fingerprint density at radius 2 is 1.53 bits per heavy atom. The highest BCUT2D eigenvalue weighted by atomic mass is 32.2. The molecule has 0 aromatic heterocycles. The number of benzene rings is 1. The Morgan fingerprint density at radius 3 is 1.93 bits per heavy atom. The number of hydrogen-bond acceptors (Lipinski definition) is 6. The zero-order valence-corrected chi connectivity index (χ0v) is 9.39. The molecule has 0 spiro atoms. The molecule has 15 heavy (non-hydrogen) atoms. The Hall–Kier alpha value is -1.32. The van der Waals surface area contributed by atoms with E-state index in [1.54, 1.807) is 6.07 Å². The number of hydrogen-bond donors (Lipinski definition) is 0. The minimum absolute atomic E-state index is 0.837. The molecular weight excluding hydrogens is 232 g/mol. The Balaban J connectivity index is 2.98. The van der Waals surface area contributed by atoms with Crippen LogP contribution >= 0.6 is 23.9 Å². The van der Waals surface area contributed by atoms with Gasteiger partial charge in [-0.1, -0.05) is 6.07 Å². The van der Waals surface area contributed by atoms with Crippen molar-refractivity contribution in [1.82, 2.24) is 0 Å². The molecule has 1 rings (SSSR count). The van der Waals surface area contributed by atoms with Gasteiger partial charge in [0.2, 0.25) is 12.2 Å². The van der Waals surface area contributed by atoms with Crippen molar-refractivity contribution in [2.45, 2.75) is 16.7 Å². The van der Waals surface area contributed by atoms with Gasteiger partial charge in [-0.15, -0.1) is 8.80 Å². The van der Waals surface area contributed by atoms with Crippen LogP contribution < -0.4 is 0 Å². The fourth-order valence-electron chi connectivity index (χ4n) is 0.928. The molecule has 1 aromatic rings. The Morgan fingerprint density at radius 1 is 1.07 bits per heavy atom. The Labute approximate surface area is 95.2 Å². The van der Waals surface area contributed by atoms with Crippen LogP contribution in [0.15, 0.2) is 36.8 Å². The van der Waals surface area contributed by atoms with Crippen molar-refractivity contribution in [2.24, 2.45) is 8.80 Å². The second-order valence-corrected chi connectivity index (χ2v) is 4.04. The average molecular weight is 238 g/mol. The summed E-state index contributed by atoms with van der Waals surface area (Å²) in [5.41, 5.74) is 0.922. The summed E-state index contributed by atoms with van der Waals surface area (Å²) >= 11 is 2.09. The summed E-state index contributed by atoms with van der Waals surface area (Å²) in [6, 6.07) is 5.46. The summed E-state index contributed by atoms with van der Waals surface area (Å²) < 4.78 is 6.84. The van der Waals surface area contributed by atoms with Crippen LogP contribution in [0.2, 0.25) is 0 Å². The summed E-state index contributed by atoms with van der Waals surface area (Å²) in [6.45, 7) is 1.87. The largest absolute Gasteiger partial charge is 0.247 e. The summed E-state index contributed by atoms with van der Waals surface area (Å²) in [4.78, 5) is 21.6. The molecule has 0 saturated carbocycles. The monoisotopic (exact) mass is 238 g/mol. The molecule has 0 N–H and O–H groups in total. The molecule has 0 saturated heterocycles. The highest BCUT2D eigenvalue weighted by Crippen LogP contribution is 2.31. The second-order valence-electron chi connectivity index (χ2n) is 2.43. The van der Waals surface area contributed by atoms with Gasteiger partial charge in [0, 0.05) is 33.7 Å². The SMILES string of the molecule is Cc1c(SN=C=O)cccc1SN=C=O. The molecular formula is C9H6N2O2S2. The first-order valence-electron chi connectivity index (χ1n) is 3.87. The van der Waals surface area contributed by atoms with Gasteiger partial charge in [-0.2, -0.15) is 0 Å². The van der Waals surface area contributed by atoms with Crippen molar-refractivity contribution < 1.29 is 9.59 Å². The van der Waals surface area contributed by atoms with Gasteiger partial charge in [0.1, 0.15) is 0 Å². The zero-order valence-electron chi connectivity index (χ0n) is 7.76. The van der Waals surface area contributed by atoms with Crippen molar-refractivity contribution in [3.05, 3.63) is 23.8 Å². The summed E-state index contributed by atoms with van der Waals surface area (Å²) in [7, 11) is 0. The number of carbonyl (C=O) groups excluding carboxylic acids is 2. The lowest BCUT2D eigenvalue weighted by atomic mass is 10.2. The quantitative estimate of drug-likeness (QED) is 0.459. The van der Waals surface area contributed by atoms with Gasteiger partial charge in [0.05, 0.1) is 0 Å². The van der Waals surface area contributed by atoms with Gasteiger partial charge in [0.25, 0.3) is 0 Å². The van der Waals surface area contributed by atoms with E-state index in [0.29, 0.717) is 0 Å². The van der Waals surface area contributed by atoms with Crippen molar-refractivity contribution in [3.63, 3.8) is 0 Å². The van der Waals surface area contributed by atoms with Crippen LogP contribution in [0.5, 0.6) is 0 Å². The Bertz CT molecular complexity index is 411. The molecule has 0 aliphatic rings. The first kappa shape index (κ1) is 11.8. The Kier molecular flexibility index (Phi) is 4.87. The van der Waals surface area contributed by atoms with Gasteiger partial charge < -0.3 is 0 Å². The molecule has 6 heteroatoms. The lowest BCUT2D eigenvalue weighted by Crippen LogP contribution is -1.81. The topological polar surface area (TPSA) is 58.9 Å². The maximum Gasteiger partial charge on any atom is 0.247 e. The van der Waals surface area contributed by atoms with Crippen molar-refractivity contribution >= 4 is 36.1 Å². The summed E-state index contributed by atoms with van der Waals surface area (Å²) in [5.74, 6) is 0. The lowest BCUT2D eigenvalue weighted by molar-refractivity contribution is 0.565. The second kappa shape index (κ2) is 6.22. The highest BCUT2D eigenvalue weighted by molar-refractivity contribution is 7.99. The molecule has 76 valence electrons. The summed E-state index contributed by atoms with van der Waals surface area (Å²) in [6.07, 6.45) is 2.90. The van der Waals surface area contributed by atoms with Crippen LogP contribution in [0.25, 0.3) is 0 Å². The van der Waals surface area contributed by atoms with Crippen LogP contribution in [0.3, 0.4) is 0 Å². The first-order valence-corrected chi connectivity index (χ1v) is 5.42. The van der Waals surface area contributed by atoms with Crippen LogP contribution in [0.4, 0.5) is 0 Å². The summed E-state index contributed by atoms with van der Waals surface area (Å²) in [5, 5.41) is 0. The third-order valence-electron chi connectivity index (χ3n) is 1.60. The molecule has 0 aliphatic heterocycles. The molecule has 0 radical (unpaired) electrons. The van der Waals surface area contributed by atoms with E-state index in [-0.39, 0.29) is 0 Å². The van der Waals surface area contributed by atoms with Gasteiger partial charge in [-0.25, -0.2) is 9.59 Å². The van der Waals surface area contributed by atoms with E-state index in [0.717, 1.165) is 39.3 Å². The normalized spacial score (nSPS) is 8.87. The van der Waals surface area contributed by atoms with Gasteiger partial charge in [-0.05, 0) is 24.6 Å². The van der Waals surface area contributed by atoms with Crippen molar-refractivity contribution in [3.8, 4) is 0 Å². The molecule has 0 unspecified atom stereocenters. The maximum atomic E-state index is 9.96. The molecule has 0 atom stereocenters. The average Bonchev–Trinajstić information content (AvgIpc) is 2.26. The van der Waals surface area contributed by atoms with E-state index in [2.05, 4.69) is 8.80 Å². The fourth-order valence-corrected chi connectivity index (χ4v) is 2.04. The van der Waals surface area contributed by atoms with E-state index >= 15 is 0 Å². The highest BCUT2D eigenvalue weighted by Gasteiger charge is 2.04. The van der Waals surface area contributed by atoms with Crippen LogP contribution in [-0.4, -0.2) is 12.2 Å². The van der Waals surface area contributed by atoms with Gasteiger partial charge >= 0.3 is 0 Å². The van der Waals surface area contributed by atoms with Crippen LogP contribution in [0, 0.1) is 6.92 Å². The van der Waals surface area contributed by atoms with E-state index in [1.165, 1.54) is 12.2 Å². The van der Waals surface area contributed by atoms with Crippen LogP contribution in [-0.2, 0) is 9.59 Å². The molecule has 4 nitrogen and oxygen atoms in total. The van der Waals surface area contributed by atoms with E-state index in [9.17, 15) is 9.59 Å². The maximum absolute atomic E-state index is 9.96. The third kappa shape index (κ3) is 3.38. The number of rotatable bonds is 4. The molecule has 0 aliphatic carbocycles.